The third-order valence-electron chi connectivity index (χ3n) is 3.18. The van der Waals surface area contributed by atoms with Crippen molar-refractivity contribution in [2.24, 2.45) is 7.05 Å². The molecule has 0 radical (unpaired) electrons. The van der Waals surface area contributed by atoms with E-state index in [2.05, 4.69) is 12.6 Å². The first-order valence-corrected chi connectivity index (χ1v) is 6.66. The van der Waals surface area contributed by atoms with Crippen molar-refractivity contribution in [3.63, 3.8) is 0 Å². The zero-order valence-electron chi connectivity index (χ0n) is 11.3. The molecule has 4 heteroatoms. The molecule has 0 saturated carbocycles. The fourth-order valence-corrected chi connectivity index (χ4v) is 2.34. The quantitative estimate of drug-likeness (QED) is 0.873. The van der Waals surface area contributed by atoms with E-state index in [0.717, 1.165) is 22.6 Å². The van der Waals surface area contributed by atoms with Gasteiger partial charge in [-0.3, -0.25) is 4.79 Å². The first-order chi connectivity index (χ1) is 9.08. The van der Waals surface area contributed by atoms with E-state index in [1.807, 2.05) is 37.3 Å². The Kier molecular flexibility index (Phi) is 4.00. The third kappa shape index (κ3) is 2.54. The Hall–Kier alpha value is -1.68. The van der Waals surface area contributed by atoms with Crippen LogP contribution in [0.3, 0.4) is 0 Å². The number of hydrogen-bond acceptors (Lipinski definition) is 3. The Bertz CT molecular complexity index is 662. The number of rotatable bonds is 3. The number of ether oxygens (including phenoxy) is 1. The highest BCUT2D eigenvalue weighted by atomic mass is 32.1. The topological polar surface area (TPSA) is 31.2 Å². The summed E-state index contributed by atoms with van der Waals surface area (Å²) in [5.41, 5.74) is 3.57. The number of thiol groups is 1. The first-order valence-electron chi connectivity index (χ1n) is 6.03. The van der Waals surface area contributed by atoms with Crippen molar-refractivity contribution in [1.82, 2.24) is 4.57 Å². The van der Waals surface area contributed by atoms with Crippen molar-refractivity contribution in [1.29, 1.82) is 0 Å². The second-order valence-electron chi connectivity index (χ2n) is 4.47. The van der Waals surface area contributed by atoms with Gasteiger partial charge in [0.1, 0.15) is 5.75 Å². The van der Waals surface area contributed by atoms with Crippen LogP contribution >= 0.6 is 12.6 Å². The van der Waals surface area contributed by atoms with E-state index in [-0.39, 0.29) is 5.56 Å². The smallest absolute Gasteiger partial charge is 0.254 e. The molecule has 0 aliphatic carbocycles. The molecule has 2 rings (SSSR count). The van der Waals surface area contributed by atoms with E-state index < -0.39 is 0 Å². The van der Waals surface area contributed by atoms with Gasteiger partial charge in [-0.15, -0.1) is 0 Å². The zero-order valence-corrected chi connectivity index (χ0v) is 12.2. The van der Waals surface area contributed by atoms with Crippen LogP contribution in [0.1, 0.15) is 11.1 Å². The standard InChI is InChI=1S/C15H17NO2S/c1-10-4-7-14(18-3)12(8-10)13-6-5-11(9-19)15(17)16(13)2/h4-8,19H,9H2,1-3H3. The van der Waals surface area contributed by atoms with E-state index >= 15 is 0 Å². The highest BCUT2D eigenvalue weighted by Gasteiger charge is 2.11. The van der Waals surface area contributed by atoms with Gasteiger partial charge in [0.05, 0.1) is 12.8 Å². The van der Waals surface area contributed by atoms with Crippen LogP contribution in [-0.4, -0.2) is 11.7 Å². The Morgan fingerprint density at radius 3 is 2.63 bits per heavy atom. The molecule has 0 fully saturated rings. The maximum atomic E-state index is 12.2. The molecular weight excluding hydrogens is 258 g/mol. The van der Waals surface area contributed by atoms with Crippen molar-refractivity contribution in [3.8, 4) is 17.0 Å². The molecular formula is C15H17NO2S. The van der Waals surface area contributed by atoms with Gasteiger partial charge in [-0.05, 0) is 25.1 Å². The normalized spacial score (nSPS) is 10.5. The molecule has 1 aromatic heterocycles. The second kappa shape index (κ2) is 5.53. The number of pyridine rings is 1. The maximum absolute atomic E-state index is 12.2. The third-order valence-corrected chi connectivity index (χ3v) is 3.53. The first kappa shape index (κ1) is 13.7. The summed E-state index contributed by atoms with van der Waals surface area (Å²) < 4.78 is 7.02. The molecule has 2 aromatic rings. The lowest BCUT2D eigenvalue weighted by atomic mass is 10.1. The lowest BCUT2D eigenvalue weighted by Crippen LogP contribution is -2.21. The molecule has 1 heterocycles. The molecule has 19 heavy (non-hydrogen) atoms. The van der Waals surface area contributed by atoms with Gasteiger partial charge in [-0.1, -0.05) is 17.7 Å². The monoisotopic (exact) mass is 275 g/mol. The highest BCUT2D eigenvalue weighted by Crippen LogP contribution is 2.29. The predicted octanol–water partition coefficient (Wildman–Crippen LogP) is 2.80. The molecule has 0 aliphatic rings. The molecule has 0 atom stereocenters. The average molecular weight is 275 g/mol. The van der Waals surface area contributed by atoms with Crippen molar-refractivity contribution >= 4 is 12.6 Å². The van der Waals surface area contributed by atoms with E-state index in [1.54, 1.807) is 18.7 Å². The lowest BCUT2D eigenvalue weighted by molar-refractivity contribution is 0.416. The van der Waals surface area contributed by atoms with Crippen molar-refractivity contribution < 1.29 is 4.74 Å². The van der Waals surface area contributed by atoms with Gasteiger partial charge in [0.15, 0.2) is 0 Å². The molecule has 0 aliphatic heterocycles. The molecule has 0 amide bonds. The Morgan fingerprint density at radius 1 is 1.26 bits per heavy atom. The number of hydrogen-bond donors (Lipinski definition) is 1. The van der Waals surface area contributed by atoms with E-state index in [0.29, 0.717) is 11.3 Å². The fourth-order valence-electron chi connectivity index (χ4n) is 2.10. The SMILES string of the molecule is COc1ccc(C)cc1-c1ccc(CS)c(=O)n1C. The molecule has 0 bridgehead atoms. The summed E-state index contributed by atoms with van der Waals surface area (Å²) in [6, 6.07) is 9.69. The molecule has 0 saturated heterocycles. The van der Waals surface area contributed by atoms with Gasteiger partial charge in [0.25, 0.3) is 5.56 Å². The number of aromatic nitrogens is 1. The van der Waals surface area contributed by atoms with Crippen LogP contribution in [0.2, 0.25) is 0 Å². The number of benzene rings is 1. The second-order valence-corrected chi connectivity index (χ2v) is 4.79. The Labute approximate surface area is 118 Å². The summed E-state index contributed by atoms with van der Waals surface area (Å²) in [6.45, 7) is 2.02. The average Bonchev–Trinajstić information content (AvgIpc) is 2.42. The zero-order chi connectivity index (χ0) is 14.0. The van der Waals surface area contributed by atoms with E-state index in [1.165, 1.54) is 0 Å². The summed E-state index contributed by atoms with van der Waals surface area (Å²) in [4.78, 5) is 12.2. The number of methoxy groups -OCH3 is 1. The molecule has 1 aromatic carbocycles. The summed E-state index contributed by atoms with van der Waals surface area (Å²) in [5.74, 6) is 1.21. The lowest BCUT2D eigenvalue weighted by Gasteiger charge is -2.14. The molecule has 100 valence electrons. The predicted molar refractivity (Wildman–Crippen MR) is 81.1 cm³/mol. The van der Waals surface area contributed by atoms with Crippen LogP contribution in [-0.2, 0) is 12.8 Å². The Balaban J connectivity index is 2.69. The van der Waals surface area contributed by atoms with Crippen LogP contribution < -0.4 is 10.3 Å². The van der Waals surface area contributed by atoms with Crippen molar-refractivity contribution in [2.45, 2.75) is 12.7 Å². The molecule has 0 N–H and O–H groups in total. The van der Waals surface area contributed by atoms with E-state index in [9.17, 15) is 4.79 Å². The minimum Gasteiger partial charge on any atom is -0.496 e. The minimum atomic E-state index is -0.0175. The van der Waals surface area contributed by atoms with Gasteiger partial charge < -0.3 is 9.30 Å². The van der Waals surface area contributed by atoms with Crippen LogP contribution in [0.4, 0.5) is 0 Å². The number of aryl methyl sites for hydroxylation is 1. The van der Waals surface area contributed by atoms with Crippen LogP contribution in [0.15, 0.2) is 35.1 Å². The maximum Gasteiger partial charge on any atom is 0.254 e. The van der Waals surface area contributed by atoms with Gasteiger partial charge in [-0.25, -0.2) is 0 Å². The van der Waals surface area contributed by atoms with Crippen molar-refractivity contribution in [3.05, 3.63) is 51.8 Å². The summed E-state index contributed by atoms with van der Waals surface area (Å²) in [7, 11) is 3.40. The van der Waals surface area contributed by atoms with Crippen LogP contribution in [0.5, 0.6) is 5.75 Å². The molecule has 0 spiro atoms. The summed E-state index contributed by atoms with van der Waals surface area (Å²) >= 11 is 4.17. The highest BCUT2D eigenvalue weighted by molar-refractivity contribution is 7.79. The van der Waals surface area contributed by atoms with Crippen LogP contribution in [0, 0.1) is 6.92 Å². The van der Waals surface area contributed by atoms with Gasteiger partial charge >= 0.3 is 0 Å². The van der Waals surface area contributed by atoms with E-state index in [4.69, 9.17) is 4.74 Å². The fraction of sp³-hybridized carbons (Fsp3) is 0.267. The van der Waals surface area contributed by atoms with Crippen LogP contribution in [0.25, 0.3) is 11.3 Å². The minimum absolute atomic E-state index is 0.0175. The summed E-state index contributed by atoms with van der Waals surface area (Å²) in [5, 5.41) is 0. The number of nitrogens with zero attached hydrogens (tertiary/aromatic N) is 1. The molecule has 0 unspecified atom stereocenters. The summed E-state index contributed by atoms with van der Waals surface area (Å²) in [6.07, 6.45) is 0. The molecule has 3 nitrogen and oxygen atoms in total. The largest absolute Gasteiger partial charge is 0.496 e. The van der Waals surface area contributed by atoms with Gasteiger partial charge in [-0.2, -0.15) is 12.6 Å². The van der Waals surface area contributed by atoms with Gasteiger partial charge in [0, 0.05) is 23.9 Å². The Morgan fingerprint density at radius 2 is 2.00 bits per heavy atom. The van der Waals surface area contributed by atoms with Gasteiger partial charge in [0.2, 0.25) is 0 Å². The van der Waals surface area contributed by atoms with Crippen molar-refractivity contribution in [2.75, 3.05) is 7.11 Å².